The Labute approximate surface area is 193 Å². The van der Waals surface area contributed by atoms with E-state index in [-0.39, 0.29) is 18.0 Å². The fourth-order valence-corrected chi connectivity index (χ4v) is 5.41. The van der Waals surface area contributed by atoms with Gasteiger partial charge in [0, 0.05) is 23.4 Å². The number of nitrogens with one attached hydrogen (secondary N) is 1. The first-order chi connectivity index (χ1) is 14.9. The largest absolute Gasteiger partial charge is 0.422 e. The van der Waals surface area contributed by atoms with E-state index in [1.807, 2.05) is 37.4 Å². The molecule has 164 valence electrons. The Hall–Kier alpha value is -3.20. The molecule has 0 atom stereocenters. The quantitative estimate of drug-likeness (QED) is 0.351. The van der Waals surface area contributed by atoms with Crippen molar-refractivity contribution < 1.29 is 14.0 Å². The molecular weight excluding hydrogens is 450 g/mol. The number of primary amides is 1. The van der Waals surface area contributed by atoms with Crippen molar-refractivity contribution in [2.75, 3.05) is 18.9 Å². The van der Waals surface area contributed by atoms with E-state index in [4.69, 9.17) is 10.2 Å². The van der Waals surface area contributed by atoms with Crippen LogP contribution in [0.15, 0.2) is 51.7 Å². The minimum absolute atomic E-state index is 0. The lowest BCUT2D eigenvalue weighted by Gasteiger charge is -2.22. The van der Waals surface area contributed by atoms with E-state index < -0.39 is 17.4 Å². The molecule has 2 aromatic carbocycles. The number of rotatable bonds is 3. The highest BCUT2D eigenvalue weighted by molar-refractivity contribution is 7.17. The molecule has 0 aliphatic carbocycles. The lowest BCUT2D eigenvalue weighted by atomic mass is 10.0. The molecule has 5 rings (SSSR count). The van der Waals surface area contributed by atoms with Crippen molar-refractivity contribution in [3.05, 3.63) is 74.5 Å². The van der Waals surface area contributed by atoms with Gasteiger partial charge in [0.15, 0.2) is 0 Å². The Morgan fingerprint density at radius 3 is 2.72 bits per heavy atom. The maximum atomic E-state index is 13.0. The second-order valence-electron chi connectivity index (χ2n) is 7.66. The van der Waals surface area contributed by atoms with Gasteiger partial charge in [-0.2, -0.15) is 0 Å². The molecule has 1 aliphatic rings. The highest BCUT2D eigenvalue weighted by Crippen LogP contribution is 2.37. The second-order valence-corrected chi connectivity index (χ2v) is 8.77. The predicted octanol–water partition coefficient (Wildman–Crippen LogP) is 3.77. The molecule has 0 saturated heterocycles. The average Bonchev–Trinajstić information content (AvgIpc) is 3.09. The van der Waals surface area contributed by atoms with E-state index in [9.17, 15) is 14.4 Å². The molecule has 1 aliphatic heterocycles. The molecule has 4 aromatic rings. The van der Waals surface area contributed by atoms with Crippen molar-refractivity contribution in [1.82, 2.24) is 4.90 Å². The number of thiophene rings is 1. The highest BCUT2D eigenvalue weighted by Gasteiger charge is 2.27. The molecule has 0 radical (unpaired) electrons. The lowest BCUT2D eigenvalue weighted by Crippen LogP contribution is -2.27. The lowest BCUT2D eigenvalue weighted by molar-refractivity contribution is 0.1000. The monoisotopic (exact) mass is 469 g/mol. The molecule has 0 fully saturated rings. The van der Waals surface area contributed by atoms with Crippen molar-refractivity contribution in [2.24, 2.45) is 5.73 Å². The van der Waals surface area contributed by atoms with Crippen molar-refractivity contribution in [2.45, 2.75) is 13.0 Å². The summed E-state index contributed by atoms with van der Waals surface area (Å²) in [7, 11) is 2.00. The standard InChI is InChI=1S/C23H19N3O4S.ClH/c1-26-9-8-14-18(11-26)31-22(19(14)20(24)27)25-21(28)16-10-15-13-5-3-2-4-12(13)6-7-17(15)30-23(16)29;/h2-7,10H,8-9,11H2,1H3,(H2,24,27)(H,25,28);1H. The maximum Gasteiger partial charge on any atom is 0.349 e. The maximum absolute atomic E-state index is 13.0. The molecular formula is C23H20ClN3O4S. The zero-order chi connectivity index (χ0) is 21.7. The summed E-state index contributed by atoms with van der Waals surface area (Å²) in [5.41, 5.74) is 6.38. The number of amides is 2. The minimum Gasteiger partial charge on any atom is -0.422 e. The molecule has 3 N–H and O–H groups in total. The van der Waals surface area contributed by atoms with Crippen LogP contribution in [0, 0.1) is 0 Å². The molecule has 2 amide bonds. The number of hydrogen-bond donors (Lipinski definition) is 2. The molecule has 32 heavy (non-hydrogen) atoms. The van der Waals surface area contributed by atoms with Gasteiger partial charge in [-0.1, -0.05) is 30.3 Å². The highest BCUT2D eigenvalue weighted by atomic mass is 35.5. The van der Waals surface area contributed by atoms with Gasteiger partial charge in [0.05, 0.1) is 5.56 Å². The predicted molar refractivity (Wildman–Crippen MR) is 128 cm³/mol. The summed E-state index contributed by atoms with van der Waals surface area (Å²) in [5, 5.41) is 5.63. The summed E-state index contributed by atoms with van der Waals surface area (Å²) >= 11 is 1.32. The van der Waals surface area contributed by atoms with Crippen molar-refractivity contribution >= 4 is 62.3 Å². The van der Waals surface area contributed by atoms with Gasteiger partial charge < -0.3 is 20.4 Å². The van der Waals surface area contributed by atoms with Crippen LogP contribution in [0.3, 0.4) is 0 Å². The summed E-state index contributed by atoms with van der Waals surface area (Å²) in [6.45, 7) is 1.49. The van der Waals surface area contributed by atoms with Gasteiger partial charge in [-0.15, -0.1) is 23.7 Å². The minimum atomic E-state index is -0.734. The third kappa shape index (κ3) is 3.66. The van der Waals surface area contributed by atoms with Crippen LogP contribution < -0.4 is 16.7 Å². The number of likely N-dealkylation sites (N-methyl/N-ethyl adjacent to an activating group) is 1. The van der Waals surface area contributed by atoms with Crippen molar-refractivity contribution in [3.63, 3.8) is 0 Å². The fourth-order valence-electron chi connectivity index (χ4n) is 4.08. The third-order valence-corrected chi connectivity index (χ3v) is 6.74. The van der Waals surface area contributed by atoms with E-state index in [1.165, 1.54) is 11.3 Å². The van der Waals surface area contributed by atoms with E-state index in [0.29, 0.717) is 34.5 Å². The average molecular weight is 470 g/mol. The van der Waals surface area contributed by atoms with E-state index in [0.717, 1.165) is 27.8 Å². The number of carbonyl (C=O) groups is 2. The van der Waals surface area contributed by atoms with Gasteiger partial charge in [-0.3, -0.25) is 9.59 Å². The zero-order valence-electron chi connectivity index (χ0n) is 17.1. The number of anilines is 1. The first-order valence-corrected chi connectivity index (χ1v) is 10.6. The second kappa shape index (κ2) is 8.38. The fraction of sp³-hybridized carbons (Fsp3) is 0.174. The summed E-state index contributed by atoms with van der Waals surface area (Å²) in [5.74, 6) is -1.22. The molecule has 3 heterocycles. The van der Waals surface area contributed by atoms with Gasteiger partial charge in [0.25, 0.3) is 11.8 Å². The molecule has 2 aromatic heterocycles. The van der Waals surface area contributed by atoms with Crippen molar-refractivity contribution in [3.8, 4) is 0 Å². The molecule has 0 spiro atoms. The first kappa shape index (κ1) is 22.0. The number of halogens is 1. The van der Waals surface area contributed by atoms with Crippen LogP contribution in [-0.2, 0) is 13.0 Å². The molecule has 9 heteroatoms. The van der Waals surface area contributed by atoms with Crippen LogP contribution >= 0.6 is 23.7 Å². The van der Waals surface area contributed by atoms with E-state index in [1.54, 1.807) is 12.1 Å². The van der Waals surface area contributed by atoms with Gasteiger partial charge in [-0.05, 0) is 41.9 Å². The zero-order valence-corrected chi connectivity index (χ0v) is 18.8. The Morgan fingerprint density at radius 2 is 1.94 bits per heavy atom. The van der Waals surface area contributed by atoms with E-state index >= 15 is 0 Å². The number of hydrogen-bond acceptors (Lipinski definition) is 6. The van der Waals surface area contributed by atoms with Gasteiger partial charge in [0.2, 0.25) is 0 Å². The summed E-state index contributed by atoms with van der Waals surface area (Å²) in [6, 6.07) is 12.8. The normalized spacial score (nSPS) is 13.5. The third-order valence-electron chi connectivity index (χ3n) is 5.61. The summed E-state index contributed by atoms with van der Waals surface area (Å²) in [6.07, 6.45) is 0.681. The van der Waals surface area contributed by atoms with Crippen LogP contribution in [0.5, 0.6) is 0 Å². The Kier molecular flexibility index (Phi) is 5.77. The number of nitrogens with two attached hydrogens (primary N) is 1. The molecule has 0 saturated carbocycles. The number of carbonyl (C=O) groups excluding carboxylic acids is 2. The van der Waals surface area contributed by atoms with Crippen LogP contribution in [0.25, 0.3) is 21.7 Å². The molecule has 7 nitrogen and oxygen atoms in total. The Bertz CT molecular complexity index is 1440. The van der Waals surface area contributed by atoms with Crippen LogP contribution in [-0.4, -0.2) is 30.3 Å². The van der Waals surface area contributed by atoms with Gasteiger partial charge >= 0.3 is 5.63 Å². The summed E-state index contributed by atoms with van der Waals surface area (Å²) in [4.78, 5) is 40.8. The van der Waals surface area contributed by atoms with Gasteiger partial charge in [-0.25, -0.2) is 4.79 Å². The van der Waals surface area contributed by atoms with E-state index in [2.05, 4.69) is 10.2 Å². The SMILES string of the molecule is CN1CCc2c(sc(NC(=O)c3cc4c(ccc5ccccc54)oc3=O)c2C(N)=O)C1.Cl. The summed E-state index contributed by atoms with van der Waals surface area (Å²) < 4.78 is 5.42. The van der Waals surface area contributed by atoms with Crippen LogP contribution in [0.2, 0.25) is 0 Å². The smallest absolute Gasteiger partial charge is 0.349 e. The molecule has 0 bridgehead atoms. The molecule has 0 unspecified atom stereocenters. The topological polar surface area (TPSA) is 106 Å². The first-order valence-electron chi connectivity index (χ1n) is 9.82. The van der Waals surface area contributed by atoms with Crippen LogP contribution in [0.4, 0.5) is 5.00 Å². The van der Waals surface area contributed by atoms with Gasteiger partial charge in [0.1, 0.15) is 16.1 Å². The number of nitrogens with zero attached hydrogens (tertiary/aromatic N) is 1. The van der Waals surface area contributed by atoms with Crippen LogP contribution in [0.1, 0.15) is 31.2 Å². The van der Waals surface area contributed by atoms with Crippen molar-refractivity contribution in [1.29, 1.82) is 0 Å². The Balaban J connectivity index is 0.00000245. The number of fused-ring (bicyclic) bond motifs is 4. The number of benzene rings is 2. The Morgan fingerprint density at radius 1 is 1.16 bits per heavy atom.